The van der Waals surface area contributed by atoms with Gasteiger partial charge in [-0.3, -0.25) is 0 Å². The minimum atomic E-state index is 0. The van der Waals surface area contributed by atoms with Gasteiger partial charge < -0.3 is 47.3 Å². The van der Waals surface area contributed by atoms with E-state index in [1.807, 2.05) is 0 Å². The Kier molecular flexibility index (Phi) is 75.9. The van der Waals surface area contributed by atoms with Crippen molar-refractivity contribution in [3.8, 4) is 0 Å². The van der Waals surface area contributed by atoms with E-state index in [9.17, 15) is 0 Å². The molecule has 0 aromatic heterocycles. The third-order valence-corrected chi connectivity index (χ3v) is 48.3. The van der Waals surface area contributed by atoms with Crippen molar-refractivity contribution >= 4 is 63.4 Å². The fourth-order valence-corrected chi connectivity index (χ4v) is 72.4. The predicted molar refractivity (Wildman–Crippen MR) is 549 cm³/mol. The van der Waals surface area contributed by atoms with Crippen LogP contribution in [-0.2, 0) is 81.7 Å². The van der Waals surface area contributed by atoms with Crippen molar-refractivity contribution in [2.75, 3.05) is 0 Å². The van der Waals surface area contributed by atoms with Gasteiger partial charge in [0.15, 0.2) is 0 Å². The zero-order valence-electron chi connectivity index (χ0n) is 92.6. The summed E-state index contributed by atoms with van der Waals surface area (Å²) < 4.78 is 0. The molecule has 0 bridgehead atoms. The Bertz CT molecular complexity index is 1750. The number of hydrogen-bond donors (Lipinski definition) is 0. The molecule has 0 rings (SSSR count). The van der Waals surface area contributed by atoms with Gasteiger partial charge in [-0.15, -0.1) is 0 Å². The molecule has 0 aliphatic rings. The SMILES string of the molecule is CC(C)(C)P(C(C)(C)C)C(C)(C)C.CC(C)(C)P(C(C)(C)C)C(C)(C)C.CC(C)(C)P(C(C)(C)C)C(C)(C)C.CC(C)(C)P(C(C)(C)C)C(C)(C)C.CC(C)(C)P(C(C)(C)C)C(C)(C)C.CC(C)(C)P(C(C)(C)C)C(C)(C)C.CC(C)(C)P(C(C)(C)C)C(C)(C)C.CC(C)(C)P(C(C)(C)C)C(C)(C)C.[C-]#N.[C-]#N.[C-]#N.[C-]#N.[Pd].[Pd].[Pd].[Pd]. The first kappa shape index (κ1) is 157. The molecule has 0 heterocycles. The quantitative estimate of drug-likeness (QED) is 0.137. The molecule has 720 valence electrons. The Labute approximate surface area is 807 Å². The second kappa shape index (κ2) is 56.0. The van der Waals surface area contributed by atoms with Gasteiger partial charge in [0.25, 0.3) is 0 Å². The van der Waals surface area contributed by atoms with Crippen LogP contribution in [-0.4, -0.2) is 124 Å². The van der Waals surface area contributed by atoms with E-state index >= 15 is 0 Å². The van der Waals surface area contributed by atoms with Crippen LogP contribution in [0.4, 0.5) is 0 Å². The van der Waals surface area contributed by atoms with Gasteiger partial charge in [0.2, 0.25) is 0 Å². The van der Waals surface area contributed by atoms with Gasteiger partial charge in [-0.2, -0.15) is 0 Å². The third kappa shape index (κ3) is 73.8. The van der Waals surface area contributed by atoms with Crippen LogP contribution in [0.15, 0.2) is 0 Å². The number of rotatable bonds is 0. The van der Waals surface area contributed by atoms with Crippen LogP contribution in [0.2, 0.25) is 0 Å². The molecule has 4 nitrogen and oxygen atoms in total. The van der Waals surface area contributed by atoms with E-state index in [-0.39, 0.29) is 145 Å². The first-order valence-electron chi connectivity index (χ1n) is 42.3. The van der Waals surface area contributed by atoms with E-state index in [0.717, 1.165) is 0 Å². The van der Waals surface area contributed by atoms with Gasteiger partial charge in [-0.25, -0.2) is 0 Å². The van der Waals surface area contributed by atoms with Crippen LogP contribution in [0.3, 0.4) is 0 Å². The monoisotopic (exact) mass is 2150 g/mol. The van der Waals surface area contributed by atoms with E-state index in [4.69, 9.17) is 47.3 Å². The molecule has 0 saturated carbocycles. The molecule has 0 fully saturated rings. The minimum Gasteiger partial charge on any atom is -0.512 e. The van der Waals surface area contributed by atoms with Crippen molar-refractivity contribution < 1.29 is 81.7 Å². The van der Waals surface area contributed by atoms with Crippen molar-refractivity contribution in [3.63, 3.8) is 0 Å². The van der Waals surface area contributed by atoms with Crippen LogP contribution >= 0.6 is 63.4 Å². The van der Waals surface area contributed by atoms with Crippen LogP contribution in [0, 0.1) is 47.3 Å². The summed E-state index contributed by atoms with van der Waals surface area (Å²) in [6.45, 7) is 191. The fourth-order valence-electron chi connectivity index (χ4n) is 24.1. The summed E-state index contributed by atoms with van der Waals surface area (Å²) in [4.78, 5) is 0. The average molecular weight is 2150 g/mol. The first-order valence-corrected chi connectivity index (χ1v) is 53.0. The van der Waals surface area contributed by atoms with Gasteiger partial charge >= 0.3 is 0 Å². The molecule has 0 aliphatic carbocycles. The van der Waals surface area contributed by atoms with Crippen LogP contribution < -0.4 is 0 Å². The Hall–Kier alpha value is 4.05. The largest absolute Gasteiger partial charge is 0.512 e. The number of nitrogens with zero attached hydrogens (tertiary/aromatic N) is 4. The van der Waals surface area contributed by atoms with Crippen molar-refractivity contribution in [2.24, 2.45) is 0 Å². The molecule has 0 atom stereocenters. The van der Waals surface area contributed by atoms with Crippen molar-refractivity contribution in [2.45, 2.75) is 622 Å². The summed E-state index contributed by atoms with van der Waals surface area (Å²) in [7, 11) is 0.130. The molecule has 0 spiro atoms. The van der Waals surface area contributed by atoms with Crippen LogP contribution in [0.1, 0.15) is 499 Å². The Balaban J connectivity index is -0.0000000691. The van der Waals surface area contributed by atoms with E-state index in [2.05, 4.69) is 499 Å². The van der Waals surface area contributed by atoms with Crippen LogP contribution in [0.25, 0.3) is 0 Å². The van der Waals surface area contributed by atoms with E-state index in [0.29, 0.717) is 124 Å². The topological polar surface area (TPSA) is 95.2 Å². The zero-order chi connectivity index (χ0) is 96.6. The second-order valence-electron chi connectivity index (χ2n) is 54.8. The molecular weight excluding hydrogens is 1930 g/mol. The maximum Gasteiger partial charge on any atom is 0 e. The summed E-state index contributed by atoms with van der Waals surface area (Å²) in [5.41, 5.74) is 0. The Morgan fingerprint density at radius 1 is 0.0862 bits per heavy atom. The molecule has 0 amide bonds. The summed E-state index contributed by atoms with van der Waals surface area (Å²) in [6.07, 6.45) is 0. The van der Waals surface area contributed by atoms with Gasteiger partial charge in [0.05, 0.1) is 0 Å². The van der Waals surface area contributed by atoms with Gasteiger partial charge in [0, 0.05) is 81.7 Å². The van der Waals surface area contributed by atoms with E-state index in [1.54, 1.807) is 0 Å². The van der Waals surface area contributed by atoms with Crippen molar-refractivity contribution in [3.05, 3.63) is 26.3 Å². The Morgan fingerprint density at radius 3 is 0.103 bits per heavy atom. The first-order chi connectivity index (χ1) is 46.9. The third-order valence-electron chi connectivity index (χ3n) is 16.1. The molecule has 0 aromatic rings. The molecule has 0 aromatic carbocycles. The molecule has 0 unspecified atom stereocenters. The molecule has 0 radical (unpaired) electrons. The van der Waals surface area contributed by atoms with Gasteiger partial charge in [0.1, 0.15) is 0 Å². The summed E-state index contributed by atoms with van der Waals surface area (Å²) >= 11 is 0. The maximum atomic E-state index is 6.25. The summed E-state index contributed by atoms with van der Waals surface area (Å²) in [5, 5.41) is 35.8. The minimum absolute atomic E-state index is 0. The predicted octanol–water partition coefficient (Wildman–Crippen LogP) is 39.3. The normalized spacial score (nSPS) is 13.7. The second-order valence-corrected chi connectivity index (χ2v) is 92.3. The number of hydrogen-bond acceptors (Lipinski definition) is 4. The maximum absolute atomic E-state index is 6.25. The van der Waals surface area contributed by atoms with E-state index in [1.165, 1.54) is 0 Å². The van der Waals surface area contributed by atoms with Gasteiger partial charge in [-0.1, -0.05) is 562 Å². The molecule has 16 heteroatoms. The molecule has 0 aliphatic heterocycles. The van der Waals surface area contributed by atoms with Crippen molar-refractivity contribution in [1.82, 2.24) is 0 Å². The zero-order valence-corrected chi connectivity index (χ0v) is 106. The molecule has 116 heavy (non-hydrogen) atoms. The smallest absolute Gasteiger partial charge is 0 e. The van der Waals surface area contributed by atoms with Gasteiger partial charge in [-0.05, 0) is 124 Å². The van der Waals surface area contributed by atoms with Crippen molar-refractivity contribution in [1.29, 1.82) is 21.0 Å². The molecule has 0 N–H and O–H groups in total. The van der Waals surface area contributed by atoms with E-state index < -0.39 is 0 Å². The summed E-state index contributed by atoms with van der Waals surface area (Å²) in [5.74, 6) is 0. The Morgan fingerprint density at radius 2 is 0.103 bits per heavy atom. The van der Waals surface area contributed by atoms with Crippen LogP contribution in [0.5, 0.6) is 0 Å². The molecule has 0 saturated heterocycles. The fraction of sp³-hybridized carbons (Fsp3) is 0.960. The molecular formula is C100H216N4P8Pd4-4. The average Bonchev–Trinajstić information content (AvgIpc) is 0.858. The standard InChI is InChI=1S/8C12H27P.4CN.4Pd/c8*1-10(2,3)13(11(4,5)6)12(7,8)9;4*1-2;;;;/h8*1-9H3;;;;;;;;/q;;;;;;;;4*-1;;;;. The summed E-state index contributed by atoms with van der Waals surface area (Å²) in [6, 6.07) is 0.